The number of carbonyl (C=O) groups excluding carboxylic acids is 1. The van der Waals surface area contributed by atoms with Crippen LogP contribution in [0.15, 0.2) is 36.7 Å². The van der Waals surface area contributed by atoms with Crippen molar-refractivity contribution in [2.24, 2.45) is 0 Å². The number of likely N-dealkylation sites (N-methyl/N-ethyl adjacent to an activating group) is 1. The number of hydrogen-bond acceptors (Lipinski definition) is 3. The minimum atomic E-state index is 0.0618. The Bertz CT molecular complexity index is 758. The maximum Gasteiger partial charge on any atom is 0.222 e. The summed E-state index contributed by atoms with van der Waals surface area (Å²) in [5.74, 6) is 1.06. The highest BCUT2D eigenvalue weighted by Gasteiger charge is 2.46. The van der Waals surface area contributed by atoms with Gasteiger partial charge in [-0.2, -0.15) is 0 Å². The van der Waals surface area contributed by atoms with Gasteiger partial charge in [-0.15, -0.1) is 0 Å². The van der Waals surface area contributed by atoms with Gasteiger partial charge in [0, 0.05) is 42.9 Å². The van der Waals surface area contributed by atoms with Crippen molar-refractivity contribution in [1.29, 1.82) is 0 Å². The second kappa shape index (κ2) is 5.15. The lowest BCUT2D eigenvalue weighted by molar-refractivity contribution is -0.138. The molecule has 23 heavy (non-hydrogen) atoms. The summed E-state index contributed by atoms with van der Waals surface area (Å²) in [7, 11) is 1.96. The zero-order chi connectivity index (χ0) is 16.0. The summed E-state index contributed by atoms with van der Waals surface area (Å²) in [5, 5.41) is 0. The predicted molar refractivity (Wildman–Crippen MR) is 88.9 cm³/mol. The van der Waals surface area contributed by atoms with Gasteiger partial charge in [0.1, 0.15) is 0 Å². The van der Waals surface area contributed by atoms with E-state index >= 15 is 0 Å². The van der Waals surface area contributed by atoms with Gasteiger partial charge in [-0.25, -0.2) is 9.97 Å². The largest absolute Gasteiger partial charge is 0.342 e. The van der Waals surface area contributed by atoms with Crippen LogP contribution in [-0.4, -0.2) is 33.9 Å². The summed E-state index contributed by atoms with van der Waals surface area (Å²) in [6.07, 6.45) is 7.18. The van der Waals surface area contributed by atoms with Crippen molar-refractivity contribution in [3.8, 4) is 11.4 Å². The summed E-state index contributed by atoms with van der Waals surface area (Å²) in [6, 6.07) is 8.75. The van der Waals surface area contributed by atoms with Gasteiger partial charge in [0.2, 0.25) is 5.91 Å². The normalized spacial score (nSPS) is 26.6. The number of piperidine rings is 1. The number of aryl methyl sites for hydroxylation is 1. The number of nitrogens with zero attached hydrogens (tertiary/aromatic N) is 3. The van der Waals surface area contributed by atoms with E-state index in [4.69, 9.17) is 0 Å². The first-order valence-corrected chi connectivity index (χ1v) is 8.26. The van der Waals surface area contributed by atoms with Crippen LogP contribution in [0.5, 0.6) is 0 Å². The lowest BCUT2D eigenvalue weighted by Crippen LogP contribution is -2.56. The monoisotopic (exact) mass is 307 g/mol. The highest BCUT2D eigenvalue weighted by Crippen LogP contribution is 2.46. The van der Waals surface area contributed by atoms with Crippen LogP contribution in [0.25, 0.3) is 11.4 Å². The first-order chi connectivity index (χ1) is 11.1. The first-order valence-electron chi connectivity index (χ1n) is 8.26. The minimum absolute atomic E-state index is 0.0618. The van der Waals surface area contributed by atoms with Crippen molar-refractivity contribution in [2.75, 3.05) is 7.05 Å². The van der Waals surface area contributed by atoms with Crippen LogP contribution < -0.4 is 0 Å². The Balaban J connectivity index is 1.76. The molecule has 0 spiro atoms. The average molecular weight is 307 g/mol. The van der Waals surface area contributed by atoms with Gasteiger partial charge in [-0.1, -0.05) is 19.1 Å². The van der Waals surface area contributed by atoms with Gasteiger partial charge in [0.15, 0.2) is 5.82 Å². The molecule has 1 aromatic heterocycles. The van der Waals surface area contributed by atoms with Crippen molar-refractivity contribution >= 4 is 5.91 Å². The highest BCUT2D eigenvalue weighted by molar-refractivity contribution is 5.78. The Kier molecular flexibility index (Phi) is 3.22. The van der Waals surface area contributed by atoms with E-state index in [1.807, 2.05) is 18.0 Å². The highest BCUT2D eigenvalue weighted by atomic mass is 16.2. The summed E-state index contributed by atoms with van der Waals surface area (Å²) in [5.41, 5.74) is 3.92. The molecule has 1 aliphatic heterocycles. The molecule has 2 atom stereocenters. The maximum atomic E-state index is 12.1. The van der Waals surface area contributed by atoms with Gasteiger partial charge in [0.05, 0.1) is 0 Å². The van der Waals surface area contributed by atoms with E-state index < -0.39 is 0 Å². The third-order valence-corrected chi connectivity index (χ3v) is 5.69. The van der Waals surface area contributed by atoms with Crippen LogP contribution in [-0.2, 0) is 16.6 Å². The molecule has 0 saturated carbocycles. The summed E-state index contributed by atoms with van der Waals surface area (Å²) < 4.78 is 0. The van der Waals surface area contributed by atoms with Crippen molar-refractivity contribution in [3.63, 3.8) is 0 Å². The smallest absolute Gasteiger partial charge is 0.222 e. The zero-order valence-corrected chi connectivity index (χ0v) is 13.6. The van der Waals surface area contributed by atoms with Crippen LogP contribution in [0.4, 0.5) is 0 Å². The molecule has 0 N–H and O–H groups in total. The number of rotatable bonds is 1. The Hall–Kier alpha value is -2.23. The van der Waals surface area contributed by atoms with Crippen molar-refractivity contribution in [2.45, 2.75) is 44.1 Å². The van der Waals surface area contributed by atoms with E-state index in [1.165, 1.54) is 11.1 Å². The molecular weight excluding hydrogens is 286 g/mol. The number of carbonyl (C=O) groups is 1. The van der Waals surface area contributed by atoms with Gasteiger partial charge < -0.3 is 4.90 Å². The first kappa shape index (κ1) is 14.4. The second-order valence-electron chi connectivity index (χ2n) is 6.92. The molecule has 2 aromatic rings. The quantitative estimate of drug-likeness (QED) is 0.813. The van der Waals surface area contributed by atoms with Gasteiger partial charge in [0.25, 0.3) is 0 Å². The fourth-order valence-corrected chi connectivity index (χ4v) is 4.37. The lowest BCUT2D eigenvalue weighted by atomic mass is 9.63. The molecule has 2 aliphatic rings. The molecular formula is C19H21N3O. The summed E-state index contributed by atoms with van der Waals surface area (Å²) in [4.78, 5) is 22.7. The Labute approximate surface area is 136 Å². The summed E-state index contributed by atoms with van der Waals surface area (Å²) >= 11 is 0. The maximum absolute atomic E-state index is 12.1. The van der Waals surface area contributed by atoms with Crippen LogP contribution in [0, 0.1) is 0 Å². The average Bonchev–Trinajstić information content (AvgIpc) is 2.59. The molecule has 4 nitrogen and oxygen atoms in total. The summed E-state index contributed by atoms with van der Waals surface area (Å²) in [6.45, 7) is 2.32. The number of benzene rings is 1. The SMILES string of the molecule is CN1C(=O)CC[C@]2(C)c3ccc(-c4ncccn4)cc3CC[C@@H]12. The molecule has 1 amide bonds. The van der Waals surface area contributed by atoms with Crippen LogP contribution in [0.1, 0.15) is 37.3 Å². The fourth-order valence-electron chi connectivity index (χ4n) is 4.37. The van der Waals surface area contributed by atoms with Crippen molar-refractivity contribution in [3.05, 3.63) is 47.8 Å². The number of hydrogen-bond donors (Lipinski definition) is 0. The Morgan fingerprint density at radius 1 is 1.22 bits per heavy atom. The second-order valence-corrected chi connectivity index (χ2v) is 6.92. The topological polar surface area (TPSA) is 46.1 Å². The molecule has 1 saturated heterocycles. The molecule has 4 rings (SSSR count). The van der Waals surface area contributed by atoms with Crippen LogP contribution in [0.3, 0.4) is 0 Å². The third-order valence-electron chi connectivity index (χ3n) is 5.69. The zero-order valence-electron chi connectivity index (χ0n) is 13.6. The Morgan fingerprint density at radius 2 is 2.00 bits per heavy atom. The van der Waals surface area contributed by atoms with E-state index in [-0.39, 0.29) is 11.3 Å². The van der Waals surface area contributed by atoms with E-state index in [0.29, 0.717) is 12.5 Å². The van der Waals surface area contributed by atoms with Gasteiger partial charge in [-0.3, -0.25) is 4.79 Å². The number of aromatic nitrogens is 2. The molecule has 1 aliphatic carbocycles. The van der Waals surface area contributed by atoms with E-state index in [1.54, 1.807) is 12.4 Å². The molecule has 2 heterocycles. The molecule has 0 radical (unpaired) electrons. The van der Waals surface area contributed by atoms with E-state index in [2.05, 4.69) is 35.1 Å². The number of amides is 1. The van der Waals surface area contributed by atoms with Crippen LogP contribution >= 0.6 is 0 Å². The molecule has 4 heteroatoms. The fraction of sp³-hybridized carbons (Fsp3) is 0.421. The number of likely N-dealkylation sites (tertiary alicyclic amines) is 1. The van der Waals surface area contributed by atoms with Gasteiger partial charge in [-0.05, 0) is 42.5 Å². The Morgan fingerprint density at radius 3 is 2.78 bits per heavy atom. The predicted octanol–water partition coefficient (Wildman–Crippen LogP) is 2.97. The number of fused-ring (bicyclic) bond motifs is 3. The van der Waals surface area contributed by atoms with Gasteiger partial charge >= 0.3 is 0 Å². The van der Waals surface area contributed by atoms with Crippen LogP contribution in [0.2, 0.25) is 0 Å². The minimum Gasteiger partial charge on any atom is -0.342 e. The van der Waals surface area contributed by atoms with Crippen molar-refractivity contribution in [1.82, 2.24) is 14.9 Å². The standard InChI is InChI=1S/C19H21N3O/c1-19-9-8-17(23)22(2)16(19)7-5-13-12-14(4-6-15(13)19)18-20-10-3-11-21-18/h3-4,6,10-12,16H,5,7-9H2,1-2H3/t16-,19-/m1/s1. The third kappa shape index (κ3) is 2.16. The molecule has 118 valence electrons. The lowest BCUT2D eigenvalue weighted by Gasteiger charge is -2.50. The van der Waals surface area contributed by atoms with E-state index in [9.17, 15) is 4.79 Å². The molecule has 0 bridgehead atoms. The molecule has 1 aromatic carbocycles. The van der Waals surface area contributed by atoms with E-state index in [0.717, 1.165) is 30.7 Å². The molecule has 0 unspecified atom stereocenters. The van der Waals surface area contributed by atoms with Crippen molar-refractivity contribution < 1.29 is 4.79 Å². The molecule has 1 fully saturated rings.